The van der Waals surface area contributed by atoms with Crippen LogP contribution in [0.3, 0.4) is 0 Å². The number of aryl methyl sites for hydroxylation is 1. The molecule has 2 aromatic carbocycles. The van der Waals surface area contributed by atoms with Crippen molar-refractivity contribution < 1.29 is 4.74 Å². The van der Waals surface area contributed by atoms with Gasteiger partial charge in [-0.1, -0.05) is 18.2 Å². The standard InChI is InChI=1S/C20H18N4O/c1-12-3-8-17-18(9-12)24-20(23-17)16-10-14(11-22-19(16)21)13-4-6-15(25-2)7-5-13/h3-11H,1-2H3,(H2,21,22)(H,23,24). The third-order valence-electron chi connectivity index (χ3n) is 4.23. The molecule has 3 N–H and O–H groups in total. The Morgan fingerprint density at radius 2 is 1.80 bits per heavy atom. The molecule has 0 saturated carbocycles. The van der Waals surface area contributed by atoms with Crippen LogP contribution in [0.1, 0.15) is 5.56 Å². The van der Waals surface area contributed by atoms with Gasteiger partial charge in [0.05, 0.1) is 23.7 Å². The van der Waals surface area contributed by atoms with Gasteiger partial charge in [-0.25, -0.2) is 9.97 Å². The summed E-state index contributed by atoms with van der Waals surface area (Å²) < 4.78 is 5.21. The Morgan fingerprint density at radius 1 is 1.00 bits per heavy atom. The Balaban J connectivity index is 1.80. The Morgan fingerprint density at radius 3 is 2.56 bits per heavy atom. The number of fused-ring (bicyclic) bond motifs is 1. The molecule has 4 rings (SSSR count). The number of imidazole rings is 1. The molecule has 0 spiro atoms. The van der Waals surface area contributed by atoms with Gasteiger partial charge in [0.1, 0.15) is 17.4 Å². The molecule has 0 unspecified atom stereocenters. The molecule has 124 valence electrons. The third kappa shape index (κ3) is 2.80. The number of nitrogen functional groups attached to an aromatic ring is 1. The van der Waals surface area contributed by atoms with Gasteiger partial charge < -0.3 is 15.5 Å². The quantitative estimate of drug-likeness (QED) is 0.590. The highest BCUT2D eigenvalue weighted by molar-refractivity contribution is 5.83. The number of anilines is 1. The number of rotatable bonds is 3. The second kappa shape index (κ2) is 5.94. The Bertz CT molecular complexity index is 1050. The van der Waals surface area contributed by atoms with Gasteiger partial charge in [0.15, 0.2) is 0 Å². The summed E-state index contributed by atoms with van der Waals surface area (Å²) in [5, 5.41) is 0. The first-order chi connectivity index (χ1) is 12.1. The zero-order valence-electron chi connectivity index (χ0n) is 14.1. The molecule has 4 aromatic rings. The maximum atomic E-state index is 6.11. The van der Waals surface area contributed by atoms with Crippen molar-refractivity contribution >= 4 is 16.9 Å². The molecule has 2 heterocycles. The van der Waals surface area contributed by atoms with E-state index in [4.69, 9.17) is 10.5 Å². The summed E-state index contributed by atoms with van der Waals surface area (Å²) in [4.78, 5) is 12.3. The average Bonchev–Trinajstić information content (AvgIpc) is 3.05. The van der Waals surface area contributed by atoms with Crippen LogP contribution in [-0.2, 0) is 0 Å². The zero-order valence-corrected chi connectivity index (χ0v) is 14.1. The highest BCUT2D eigenvalue weighted by Gasteiger charge is 2.11. The van der Waals surface area contributed by atoms with Gasteiger partial charge in [0.2, 0.25) is 0 Å². The number of hydrogen-bond donors (Lipinski definition) is 2. The minimum atomic E-state index is 0.452. The second-order valence-electron chi connectivity index (χ2n) is 5.99. The number of aromatic amines is 1. The minimum absolute atomic E-state index is 0.452. The summed E-state index contributed by atoms with van der Waals surface area (Å²) in [5.74, 6) is 1.99. The first-order valence-electron chi connectivity index (χ1n) is 8.01. The number of pyridine rings is 1. The molecule has 0 radical (unpaired) electrons. The third-order valence-corrected chi connectivity index (χ3v) is 4.23. The van der Waals surface area contributed by atoms with E-state index >= 15 is 0 Å². The van der Waals surface area contributed by atoms with E-state index in [0.717, 1.165) is 39.3 Å². The second-order valence-corrected chi connectivity index (χ2v) is 5.99. The van der Waals surface area contributed by atoms with Crippen LogP contribution >= 0.6 is 0 Å². The van der Waals surface area contributed by atoms with Crippen molar-refractivity contribution in [1.29, 1.82) is 0 Å². The van der Waals surface area contributed by atoms with Crippen LogP contribution in [0.5, 0.6) is 5.75 Å². The highest BCUT2D eigenvalue weighted by Crippen LogP contribution is 2.30. The van der Waals surface area contributed by atoms with Crippen LogP contribution in [0, 0.1) is 6.92 Å². The topological polar surface area (TPSA) is 76.8 Å². The van der Waals surface area contributed by atoms with Crippen molar-refractivity contribution in [2.45, 2.75) is 6.92 Å². The lowest BCUT2D eigenvalue weighted by molar-refractivity contribution is 0.415. The molecule has 2 aromatic heterocycles. The number of nitrogens with zero attached hydrogens (tertiary/aromatic N) is 2. The highest BCUT2D eigenvalue weighted by atomic mass is 16.5. The SMILES string of the molecule is COc1ccc(-c2cnc(N)c(-c3nc4ccc(C)cc4[nH]3)c2)cc1. The van der Waals surface area contributed by atoms with E-state index < -0.39 is 0 Å². The largest absolute Gasteiger partial charge is 0.497 e. The van der Waals surface area contributed by atoms with E-state index in [1.54, 1.807) is 13.3 Å². The molecule has 5 nitrogen and oxygen atoms in total. The lowest BCUT2D eigenvalue weighted by atomic mass is 10.1. The maximum absolute atomic E-state index is 6.11. The van der Waals surface area contributed by atoms with Gasteiger partial charge in [-0.2, -0.15) is 0 Å². The molecule has 25 heavy (non-hydrogen) atoms. The van der Waals surface area contributed by atoms with Crippen LogP contribution in [-0.4, -0.2) is 22.1 Å². The lowest BCUT2D eigenvalue weighted by Crippen LogP contribution is -1.96. The molecule has 0 amide bonds. The van der Waals surface area contributed by atoms with E-state index in [0.29, 0.717) is 5.82 Å². The smallest absolute Gasteiger partial charge is 0.142 e. The van der Waals surface area contributed by atoms with Gasteiger partial charge in [-0.05, 0) is 48.4 Å². The maximum Gasteiger partial charge on any atom is 0.142 e. The van der Waals surface area contributed by atoms with Gasteiger partial charge in [-0.15, -0.1) is 0 Å². The Kier molecular flexibility index (Phi) is 3.61. The van der Waals surface area contributed by atoms with Crippen LogP contribution in [0.25, 0.3) is 33.5 Å². The van der Waals surface area contributed by atoms with Crippen molar-refractivity contribution in [3.8, 4) is 28.3 Å². The van der Waals surface area contributed by atoms with Crippen LogP contribution < -0.4 is 10.5 Å². The van der Waals surface area contributed by atoms with E-state index in [2.05, 4.69) is 27.9 Å². The first kappa shape index (κ1) is 15.2. The number of nitrogens with one attached hydrogen (secondary N) is 1. The number of nitrogens with two attached hydrogens (primary N) is 1. The molecule has 0 bridgehead atoms. The molecule has 0 saturated heterocycles. The minimum Gasteiger partial charge on any atom is -0.497 e. The molecule has 0 aliphatic heterocycles. The van der Waals surface area contributed by atoms with Crippen LogP contribution in [0.2, 0.25) is 0 Å². The van der Waals surface area contributed by atoms with E-state index in [1.807, 2.05) is 42.5 Å². The number of benzene rings is 2. The number of aromatic nitrogens is 3. The summed E-state index contributed by atoms with van der Waals surface area (Å²) in [7, 11) is 1.65. The number of H-pyrrole nitrogens is 1. The van der Waals surface area contributed by atoms with Crippen molar-refractivity contribution in [2.24, 2.45) is 0 Å². The van der Waals surface area contributed by atoms with E-state index in [9.17, 15) is 0 Å². The number of ether oxygens (including phenoxy) is 1. The van der Waals surface area contributed by atoms with Gasteiger partial charge in [0, 0.05) is 11.8 Å². The number of methoxy groups -OCH3 is 1. The summed E-state index contributed by atoms with van der Waals surface area (Å²) in [6.45, 7) is 2.06. The molecule has 0 atom stereocenters. The monoisotopic (exact) mass is 330 g/mol. The Labute approximate surface area is 145 Å². The summed E-state index contributed by atoms with van der Waals surface area (Å²) in [5.41, 5.74) is 12.0. The van der Waals surface area contributed by atoms with Crippen LogP contribution in [0.4, 0.5) is 5.82 Å². The van der Waals surface area contributed by atoms with E-state index in [1.165, 1.54) is 5.56 Å². The van der Waals surface area contributed by atoms with Crippen molar-refractivity contribution in [3.05, 3.63) is 60.3 Å². The zero-order chi connectivity index (χ0) is 17.4. The van der Waals surface area contributed by atoms with Crippen LogP contribution in [0.15, 0.2) is 54.7 Å². The molecule has 0 aliphatic carbocycles. The van der Waals surface area contributed by atoms with Crippen molar-refractivity contribution in [1.82, 2.24) is 15.0 Å². The average molecular weight is 330 g/mol. The van der Waals surface area contributed by atoms with Gasteiger partial charge in [0.25, 0.3) is 0 Å². The molecule has 5 heteroatoms. The van der Waals surface area contributed by atoms with Crippen molar-refractivity contribution in [3.63, 3.8) is 0 Å². The number of hydrogen-bond acceptors (Lipinski definition) is 4. The predicted molar refractivity (Wildman–Crippen MR) is 100 cm³/mol. The Hall–Kier alpha value is -3.34. The normalized spacial score (nSPS) is 11.0. The summed E-state index contributed by atoms with van der Waals surface area (Å²) in [6, 6.07) is 16.0. The predicted octanol–water partition coefficient (Wildman–Crippen LogP) is 4.19. The molecule has 0 aliphatic rings. The molecular formula is C20H18N4O. The summed E-state index contributed by atoms with van der Waals surface area (Å²) in [6.07, 6.45) is 1.77. The molecule has 0 fully saturated rings. The fourth-order valence-electron chi connectivity index (χ4n) is 2.86. The van der Waals surface area contributed by atoms with Gasteiger partial charge >= 0.3 is 0 Å². The lowest BCUT2D eigenvalue weighted by Gasteiger charge is -2.07. The van der Waals surface area contributed by atoms with Crippen molar-refractivity contribution in [2.75, 3.05) is 12.8 Å². The summed E-state index contributed by atoms with van der Waals surface area (Å²) >= 11 is 0. The fourth-order valence-corrected chi connectivity index (χ4v) is 2.86. The first-order valence-corrected chi connectivity index (χ1v) is 8.01. The molecular weight excluding hydrogens is 312 g/mol. The van der Waals surface area contributed by atoms with Gasteiger partial charge in [-0.3, -0.25) is 0 Å². The fraction of sp³-hybridized carbons (Fsp3) is 0.100. The van der Waals surface area contributed by atoms with E-state index in [-0.39, 0.29) is 0 Å².